The molecule has 1 unspecified atom stereocenters. The molecule has 1 saturated heterocycles. The molecule has 86 valence electrons. The number of Topliss-reactive ketones (excluding diaryl/α,β-unsaturated/α-hetero) is 1. The summed E-state index contributed by atoms with van der Waals surface area (Å²) >= 11 is 0. The van der Waals surface area contributed by atoms with E-state index in [1.807, 2.05) is 18.3 Å². The molecule has 1 fully saturated rings. The number of hydrogen-bond acceptors (Lipinski definition) is 3. The molecule has 0 saturated carbocycles. The lowest BCUT2D eigenvalue weighted by Crippen LogP contribution is -2.21. The fourth-order valence-electron chi connectivity index (χ4n) is 1.89. The first kappa shape index (κ1) is 11.3. The number of rotatable bonds is 4. The molecule has 1 aromatic rings. The molecule has 2 heterocycles. The van der Waals surface area contributed by atoms with Gasteiger partial charge in [0.1, 0.15) is 6.10 Å². The van der Waals surface area contributed by atoms with Gasteiger partial charge in [-0.25, -0.2) is 0 Å². The Bertz CT molecular complexity index is 353. The standard InChI is InChI=1S/C13H17NO2/c1-2-10-5-6-11(14-9-10)8-12(15)13-4-3-7-16-13/h5-6,9,13H,2-4,7-8H2,1H3. The molecular weight excluding hydrogens is 202 g/mol. The highest BCUT2D eigenvalue weighted by atomic mass is 16.5. The molecule has 0 N–H and O–H groups in total. The van der Waals surface area contributed by atoms with Gasteiger partial charge in [0, 0.05) is 18.5 Å². The van der Waals surface area contributed by atoms with Crippen molar-refractivity contribution < 1.29 is 9.53 Å². The van der Waals surface area contributed by atoms with Gasteiger partial charge in [-0.2, -0.15) is 0 Å². The first-order chi connectivity index (χ1) is 7.79. The molecule has 3 heteroatoms. The first-order valence-corrected chi connectivity index (χ1v) is 5.87. The monoisotopic (exact) mass is 219 g/mol. The van der Waals surface area contributed by atoms with Crippen molar-refractivity contribution >= 4 is 5.78 Å². The number of pyridine rings is 1. The highest BCUT2D eigenvalue weighted by molar-refractivity contribution is 5.85. The van der Waals surface area contributed by atoms with Crippen LogP contribution in [0.5, 0.6) is 0 Å². The number of ether oxygens (including phenoxy) is 1. The van der Waals surface area contributed by atoms with E-state index >= 15 is 0 Å². The van der Waals surface area contributed by atoms with Crippen molar-refractivity contribution in [2.75, 3.05) is 6.61 Å². The van der Waals surface area contributed by atoms with Gasteiger partial charge in [0.05, 0.1) is 6.42 Å². The summed E-state index contributed by atoms with van der Waals surface area (Å²) in [6.45, 7) is 2.81. The van der Waals surface area contributed by atoms with E-state index < -0.39 is 0 Å². The third-order valence-electron chi connectivity index (χ3n) is 2.94. The highest BCUT2D eigenvalue weighted by Crippen LogP contribution is 2.14. The van der Waals surface area contributed by atoms with Gasteiger partial charge in [-0.15, -0.1) is 0 Å². The van der Waals surface area contributed by atoms with Gasteiger partial charge in [0.25, 0.3) is 0 Å². The van der Waals surface area contributed by atoms with E-state index in [-0.39, 0.29) is 11.9 Å². The average molecular weight is 219 g/mol. The van der Waals surface area contributed by atoms with E-state index in [2.05, 4.69) is 11.9 Å². The summed E-state index contributed by atoms with van der Waals surface area (Å²) in [4.78, 5) is 16.1. The lowest BCUT2D eigenvalue weighted by molar-refractivity contribution is -0.127. The second kappa shape index (κ2) is 5.21. The lowest BCUT2D eigenvalue weighted by Gasteiger charge is -2.07. The molecule has 0 bridgehead atoms. The van der Waals surface area contributed by atoms with E-state index in [4.69, 9.17) is 4.74 Å². The van der Waals surface area contributed by atoms with Crippen LogP contribution in [0.25, 0.3) is 0 Å². The molecule has 0 aromatic carbocycles. The summed E-state index contributed by atoms with van der Waals surface area (Å²) < 4.78 is 5.35. The molecule has 1 aliphatic rings. The Balaban J connectivity index is 1.94. The maximum absolute atomic E-state index is 11.8. The van der Waals surface area contributed by atoms with Gasteiger partial charge in [0.15, 0.2) is 5.78 Å². The Labute approximate surface area is 95.8 Å². The Morgan fingerprint density at radius 1 is 1.56 bits per heavy atom. The van der Waals surface area contributed by atoms with Gasteiger partial charge in [-0.3, -0.25) is 9.78 Å². The molecule has 16 heavy (non-hydrogen) atoms. The Hall–Kier alpha value is -1.22. The fraction of sp³-hybridized carbons (Fsp3) is 0.538. The van der Waals surface area contributed by atoms with Crippen LogP contribution < -0.4 is 0 Å². The van der Waals surface area contributed by atoms with Crippen LogP contribution in [0.4, 0.5) is 0 Å². The summed E-state index contributed by atoms with van der Waals surface area (Å²) in [6.07, 6.45) is 4.90. The molecule has 1 aromatic heterocycles. The quantitative estimate of drug-likeness (QED) is 0.776. The van der Waals surface area contributed by atoms with Crippen molar-refractivity contribution in [3.05, 3.63) is 29.6 Å². The van der Waals surface area contributed by atoms with Crippen LogP contribution in [0.15, 0.2) is 18.3 Å². The van der Waals surface area contributed by atoms with Crippen LogP contribution in [-0.4, -0.2) is 23.5 Å². The van der Waals surface area contributed by atoms with Crippen LogP contribution in [0.3, 0.4) is 0 Å². The number of hydrogen-bond donors (Lipinski definition) is 0. The van der Waals surface area contributed by atoms with E-state index in [9.17, 15) is 4.79 Å². The molecular formula is C13H17NO2. The molecule has 3 nitrogen and oxygen atoms in total. The largest absolute Gasteiger partial charge is 0.370 e. The smallest absolute Gasteiger partial charge is 0.167 e. The minimum atomic E-state index is -0.187. The summed E-state index contributed by atoms with van der Waals surface area (Å²) in [6, 6.07) is 3.97. The Kier molecular flexibility index (Phi) is 3.67. The predicted molar refractivity (Wildman–Crippen MR) is 61.3 cm³/mol. The second-order valence-electron chi connectivity index (χ2n) is 4.16. The van der Waals surface area contributed by atoms with Crippen LogP contribution in [0.2, 0.25) is 0 Å². The second-order valence-corrected chi connectivity index (χ2v) is 4.16. The molecule has 1 atom stereocenters. The van der Waals surface area contributed by atoms with Crippen molar-refractivity contribution in [3.63, 3.8) is 0 Å². The zero-order valence-corrected chi connectivity index (χ0v) is 9.61. The maximum Gasteiger partial charge on any atom is 0.167 e. The lowest BCUT2D eigenvalue weighted by atomic mass is 10.1. The minimum absolute atomic E-state index is 0.161. The highest BCUT2D eigenvalue weighted by Gasteiger charge is 2.23. The minimum Gasteiger partial charge on any atom is -0.370 e. The van der Waals surface area contributed by atoms with E-state index in [1.54, 1.807) is 0 Å². The van der Waals surface area contributed by atoms with Gasteiger partial charge >= 0.3 is 0 Å². The van der Waals surface area contributed by atoms with Crippen molar-refractivity contribution in [3.8, 4) is 0 Å². The Morgan fingerprint density at radius 3 is 3.00 bits per heavy atom. The third kappa shape index (κ3) is 2.67. The van der Waals surface area contributed by atoms with Gasteiger partial charge < -0.3 is 4.74 Å². The fourth-order valence-corrected chi connectivity index (χ4v) is 1.89. The number of nitrogens with zero attached hydrogens (tertiary/aromatic N) is 1. The number of aryl methyl sites for hydroxylation is 1. The summed E-state index contributed by atoms with van der Waals surface area (Å²) in [7, 11) is 0. The third-order valence-corrected chi connectivity index (χ3v) is 2.94. The van der Waals surface area contributed by atoms with Crippen LogP contribution in [0, 0.1) is 0 Å². The molecule has 0 spiro atoms. The van der Waals surface area contributed by atoms with Crippen LogP contribution in [-0.2, 0) is 22.4 Å². The molecule has 0 aliphatic carbocycles. The Morgan fingerprint density at radius 2 is 2.44 bits per heavy atom. The zero-order chi connectivity index (χ0) is 11.4. The van der Waals surface area contributed by atoms with Gasteiger partial charge in [0.2, 0.25) is 0 Å². The van der Waals surface area contributed by atoms with Crippen LogP contribution >= 0.6 is 0 Å². The van der Waals surface area contributed by atoms with E-state index in [0.29, 0.717) is 6.42 Å². The first-order valence-electron chi connectivity index (χ1n) is 5.87. The maximum atomic E-state index is 11.8. The van der Waals surface area contributed by atoms with E-state index in [1.165, 1.54) is 5.56 Å². The van der Waals surface area contributed by atoms with Gasteiger partial charge in [-0.1, -0.05) is 13.0 Å². The molecule has 0 radical (unpaired) electrons. The van der Waals surface area contributed by atoms with Crippen molar-refractivity contribution in [2.45, 2.75) is 38.7 Å². The normalized spacial score (nSPS) is 19.9. The predicted octanol–water partition coefficient (Wildman–Crippen LogP) is 1.93. The zero-order valence-electron chi connectivity index (χ0n) is 9.61. The molecule has 2 rings (SSSR count). The molecule has 0 amide bonds. The van der Waals surface area contributed by atoms with Crippen molar-refractivity contribution in [1.82, 2.24) is 4.98 Å². The number of ketones is 1. The number of aromatic nitrogens is 1. The van der Waals surface area contributed by atoms with Crippen molar-refractivity contribution in [1.29, 1.82) is 0 Å². The summed E-state index contributed by atoms with van der Waals surface area (Å²) in [5, 5.41) is 0. The number of carbonyl (C=O) groups excluding carboxylic acids is 1. The summed E-state index contributed by atoms with van der Waals surface area (Å²) in [5.74, 6) is 0.161. The number of carbonyl (C=O) groups is 1. The molecule has 1 aliphatic heterocycles. The average Bonchev–Trinajstić information content (AvgIpc) is 2.83. The summed E-state index contributed by atoms with van der Waals surface area (Å²) in [5.41, 5.74) is 2.05. The SMILES string of the molecule is CCc1ccc(CC(=O)C2CCCO2)nc1. The van der Waals surface area contributed by atoms with Gasteiger partial charge in [-0.05, 0) is 30.9 Å². The van der Waals surface area contributed by atoms with Crippen LogP contribution in [0.1, 0.15) is 31.0 Å². The van der Waals surface area contributed by atoms with E-state index in [0.717, 1.165) is 31.6 Å². The topological polar surface area (TPSA) is 39.2 Å². The van der Waals surface area contributed by atoms with Crippen molar-refractivity contribution in [2.24, 2.45) is 0 Å².